The first kappa shape index (κ1) is 20.2. The fourth-order valence-corrected chi connectivity index (χ4v) is 2.69. The highest BCUT2D eigenvalue weighted by Gasteiger charge is 2.14. The lowest BCUT2D eigenvalue weighted by Gasteiger charge is -2.24. The van der Waals surface area contributed by atoms with Gasteiger partial charge in [0, 0.05) is 32.0 Å². The van der Waals surface area contributed by atoms with E-state index in [0.717, 1.165) is 37.1 Å². The Kier molecular flexibility index (Phi) is 9.50. The Morgan fingerprint density at radius 3 is 2.65 bits per heavy atom. The van der Waals surface area contributed by atoms with Crippen LogP contribution in [0.3, 0.4) is 0 Å². The normalized spacial score (nSPS) is 16.3. The number of rotatable bonds is 6. The SMILES string of the molecule is CN=C(NCCCc1nc(C(C)C)no1)NC1CCCCC1.I. The number of hydrogen-bond acceptors (Lipinski definition) is 4. The van der Waals surface area contributed by atoms with Crippen LogP contribution in [0.4, 0.5) is 0 Å². The minimum absolute atomic E-state index is 0. The molecule has 0 radical (unpaired) electrons. The molecule has 0 amide bonds. The number of hydrogen-bond donors (Lipinski definition) is 2. The van der Waals surface area contributed by atoms with Gasteiger partial charge in [0.15, 0.2) is 11.8 Å². The van der Waals surface area contributed by atoms with E-state index < -0.39 is 0 Å². The Morgan fingerprint density at radius 1 is 1.30 bits per heavy atom. The van der Waals surface area contributed by atoms with Crippen LogP contribution in [-0.4, -0.2) is 35.7 Å². The number of nitrogens with one attached hydrogen (secondary N) is 2. The lowest BCUT2D eigenvalue weighted by atomic mass is 9.96. The topological polar surface area (TPSA) is 75.3 Å². The highest BCUT2D eigenvalue weighted by Crippen LogP contribution is 2.17. The summed E-state index contributed by atoms with van der Waals surface area (Å²) in [4.78, 5) is 8.69. The van der Waals surface area contributed by atoms with E-state index in [2.05, 4.69) is 39.6 Å². The third kappa shape index (κ3) is 7.05. The summed E-state index contributed by atoms with van der Waals surface area (Å²) in [7, 11) is 1.82. The second kappa shape index (κ2) is 10.8. The molecule has 1 aromatic heterocycles. The molecule has 6 nitrogen and oxygen atoms in total. The minimum atomic E-state index is 0. The van der Waals surface area contributed by atoms with Crippen LogP contribution >= 0.6 is 24.0 Å². The monoisotopic (exact) mass is 435 g/mol. The lowest BCUT2D eigenvalue weighted by Crippen LogP contribution is -2.44. The molecule has 0 bridgehead atoms. The fraction of sp³-hybridized carbons (Fsp3) is 0.812. The predicted octanol–water partition coefficient (Wildman–Crippen LogP) is 3.24. The number of aryl methyl sites for hydroxylation is 1. The van der Waals surface area contributed by atoms with Gasteiger partial charge in [-0.3, -0.25) is 4.99 Å². The van der Waals surface area contributed by atoms with Crippen molar-refractivity contribution in [3.8, 4) is 0 Å². The molecule has 1 heterocycles. The van der Waals surface area contributed by atoms with Gasteiger partial charge in [0.25, 0.3) is 0 Å². The molecule has 0 atom stereocenters. The summed E-state index contributed by atoms with van der Waals surface area (Å²) < 4.78 is 5.25. The molecule has 0 saturated heterocycles. The van der Waals surface area contributed by atoms with Crippen molar-refractivity contribution in [1.29, 1.82) is 0 Å². The molecule has 0 aliphatic heterocycles. The number of nitrogens with zero attached hydrogens (tertiary/aromatic N) is 3. The maximum absolute atomic E-state index is 5.25. The highest BCUT2D eigenvalue weighted by molar-refractivity contribution is 14.0. The van der Waals surface area contributed by atoms with Gasteiger partial charge in [-0.05, 0) is 19.3 Å². The Balaban J connectivity index is 0.00000264. The zero-order valence-corrected chi connectivity index (χ0v) is 16.8. The first-order chi connectivity index (χ1) is 10.7. The minimum Gasteiger partial charge on any atom is -0.356 e. The molecule has 0 unspecified atom stereocenters. The van der Waals surface area contributed by atoms with Crippen LogP contribution in [0.1, 0.15) is 70.0 Å². The summed E-state index contributed by atoms with van der Waals surface area (Å²) in [5.41, 5.74) is 0. The van der Waals surface area contributed by atoms with Crippen molar-refractivity contribution in [2.75, 3.05) is 13.6 Å². The molecule has 132 valence electrons. The molecule has 2 rings (SSSR count). The third-order valence-electron chi connectivity index (χ3n) is 4.03. The number of aliphatic imine (C=N–C) groups is 1. The van der Waals surface area contributed by atoms with E-state index in [1.165, 1.54) is 32.1 Å². The molecule has 1 fully saturated rings. The molecular formula is C16H30IN5O. The maximum atomic E-state index is 5.25. The first-order valence-electron chi connectivity index (χ1n) is 8.48. The Hall–Kier alpha value is -0.860. The first-order valence-corrected chi connectivity index (χ1v) is 8.48. The van der Waals surface area contributed by atoms with Crippen LogP contribution in [0.5, 0.6) is 0 Å². The van der Waals surface area contributed by atoms with E-state index in [4.69, 9.17) is 4.52 Å². The summed E-state index contributed by atoms with van der Waals surface area (Å²) in [6.45, 7) is 4.99. The van der Waals surface area contributed by atoms with E-state index in [1.54, 1.807) is 0 Å². The van der Waals surface area contributed by atoms with Crippen LogP contribution in [-0.2, 0) is 6.42 Å². The van der Waals surface area contributed by atoms with Crippen molar-refractivity contribution in [2.45, 2.75) is 70.8 Å². The van der Waals surface area contributed by atoms with Crippen LogP contribution < -0.4 is 10.6 Å². The summed E-state index contributed by atoms with van der Waals surface area (Å²) in [5.74, 6) is 2.73. The molecule has 0 aromatic carbocycles. The molecule has 23 heavy (non-hydrogen) atoms. The zero-order valence-electron chi connectivity index (χ0n) is 14.5. The van der Waals surface area contributed by atoms with Gasteiger partial charge in [-0.15, -0.1) is 24.0 Å². The van der Waals surface area contributed by atoms with E-state index in [0.29, 0.717) is 12.0 Å². The predicted molar refractivity (Wildman–Crippen MR) is 103 cm³/mol. The molecule has 1 aromatic rings. The fourth-order valence-electron chi connectivity index (χ4n) is 2.69. The van der Waals surface area contributed by atoms with Crippen molar-refractivity contribution < 1.29 is 4.52 Å². The molecule has 1 aliphatic rings. The van der Waals surface area contributed by atoms with E-state index in [-0.39, 0.29) is 24.0 Å². The summed E-state index contributed by atoms with van der Waals surface area (Å²) in [6.07, 6.45) is 8.26. The molecular weight excluding hydrogens is 405 g/mol. The molecule has 2 N–H and O–H groups in total. The van der Waals surface area contributed by atoms with Crippen molar-refractivity contribution >= 4 is 29.9 Å². The Labute approximate surface area is 156 Å². The lowest BCUT2D eigenvalue weighted by molar-refractivity contribution is 0.368. The molecule has 1 aliphatic carbocycles. The van der Waals surface area contributed by atoms with Crippen molar-refractivity contribution in [3.63, 3.8) is 0 Å². The van der Waals surface area contributed by atoms with Crippen LogP contribution in [0.25, 0.3) is 0 Å². The summed E-state index contributed by atoms with van der Waals surface area (Å²) in [5, 5.41) is 10.9. The highest BCUT2D eigenvalue weighted by atomic mass is 127. The third-order valence-corrected chi connectivity index (χ3v) is 4.03. The van der Waals surface area contributed by atoms with Gasteiger partial charge in [-0.25, -0.2) is 0 Å². The second-order valence-electron chi connectivity index (χ2n) is 6.28. The Morgan fingerprint density at radius 2 is 2.04 bits per heavy atom. The number of aromatic nitrogens is 2. The smallest absolute Gasteiger partial charge is 0.226 e. The Bertz CT molecular complexity index is 469. The van der Waals surface area contributed by atoms with E-state index >= 15 is 0 Å². The van der Waals surface area contributed by atoms with Crippen molar-refractivity contribution in [3.05, 3.63) is 11.7 Å². The average Bonchev–Trinajstić information content (AvgIpc) is 3.00. The van der Waals surface area contributed by atoms with Gasteiger partial charge >= 0.3 is 0 Å². The van der Waals surface area contributed by atoms with Gasteiger partial charge in [-0.2, -0.15) is 4.98 Å². The van der Waals surface area contributed by atoms with Gasteiger partial charge in [0.1, 0.15) is 0 Å². The van der Waals surface area contributed by atoms with E-state index in [1.807, 2.05) is 7.05 Å². The van der Waals surface area contributed by atoms with Gasteiger partial charge in [-0.1, -0.05) is 38.3 Å². The molecule has 7 heteroatoms. The van der Waals surface area contributed by atoms with Gasteiger partial charge in [0.2, 0.25) is 5.89 Å². The van der Waals surface area contributed by atoms with Crippen molar-refractivity contribution in [2.24, 2.45) is 4.99 Å². The van der Waals surface area contributed by atoms with Crippen LogP contribution in [0, 0.1) is 0 Å². The quantitative estimate of drug-likeness (QED) is 0.311. The largest absolute Gasteiger partial charge is 0.356 e. The standard InChI is InChI=1S/C16H29N5O.HI/c1-12(2)15-20-14(22-21-15)10-7-11-18-16(17-3)19-13-8-5-4-6-9-13;/h12-13H,4-11H2,1-3H3,(H2,17,18,19);1H. The molecule has 0 spiro atoms. The van der Waals surface area contributed by atoms with E-state index in [9.17, 15) is 0 Å². The summed E-state index contributed by atoms with van der Waals surface area (Å²) >= 11 is 0. The van der Waals surface area contributed by atoms with Crippen LogP contribution in [0.15, 0.2) is 9.52 Å². The van der Waals surface area contributed by atoms with Crippen molar-refractivity contribution in [1.82, 2.24) is 20.8 Å². The van der Waals surface area contributed by atoms with Gasteiger partial charge in [0.05, 0.1) is 0 Å². The van der Waals surface area contributed by atoms with Gasteiger partial charge < -0.3 is 15.2 Å². The zero-order chi connectivity index (χ0) is 15.8. The average molecular weight is 435 g/mol. The number of guanidine groups is 1. The molecule has 1 saturated carbocycles. The maximum Gasteiger partial charge on any atom is 0.226 e. The number of halogens is 1. The van der Waals surface area contributed by atoms with Crippen LogP contribution in [0.2, 0.25) is 0 Å². The second-order valence-corrected chi connectivity index (χ2v) is 6.28. The summed E-state index contributed by atoms with van der Waals surface area (Å²) in [6, 6.07) is 0.574.